The molecule has 0 amide bonds. The summed E-state index contributed by atoms with van der Waals surface area (Å²) in [5, 5.41) is 0. The summed E-state index contributed by atoms with van der Waals surface area (Å²) in [6, 6.07) is 4.17. The van der Waals surface area contributed by atoms with Gasteiger partial charge >= 0.3 is 11.9 Å². The summed E-state index contributed by atoms with van der Waals surface area (Å²) in [6.07, 6.45) is 6.82. The van der Waals surface area contributed by atoms with E-state index in [1.807, 2.05) is 19.1 Å². The van der Waals surface area contributed by atoms with Gasteiger partial charge in [-0.15, -0.1) is 0 Å². The van der Waals surface area contributed by atoms with Crippen molar-refractivity contribution in [3.05, 3.63) is 46.5 Å². The quantitative estimate of drug-likeness (QED) is 0.417. The van der Waals surface area contributed by atoms with Crippen LogP contribution in [-0.4, -0.2) is 11.9 Å². The van der Waals surface area contributed by atoms with Crippen LogP contribution >= 0.6 is 0 Å². The number of ether oxygens (including phenoxy) is 1. The summed E-state index contributed by atoms with van der Waals surface area (Å²) in [5.74, 6) is -0.657. The maximum atomic E-state index is 12.7. The first-order valence-electron chi connectivity index (χ1n) is 7.54. The summed E-state index contributed by atoms with van der Waals surface area (Å²) in [7, 11) is 0. The van der Waals surface area contributed by atoms with Crippen LogP contribution in [0.15, 0.2) is 24.3 Å². The van der Waals surface area contributed by atoms with Gasteiger partial charge in [0.2, 0.25) is 0 Å². The number of aryl methyl sites for hydroxylation is 2. The van der Waals surface area contributed by atoms with Crippen molar-refractivity contribution in [2.75, 3.05) is 0 Å². The lowest BCUT2D eigenvalue weighted by atomic mass is 9.50. The van der Waals surface area contributed by atoms with E-state index in [4.69, 9.17) is 4.74 Å². The van der Waals surface area contributed by atoms with E-state index in [0.717, 1.165) is 17.5 Å². The molecule has 0 N–H and O–H groups in total. The van der Waals surface area contributed by atoms with Crippen LogP contribution in [0.1, 0.15) is 41.5 Å². The Morgan fingerprint density at radius 2 is 1.71 bits per heavy atom. The van der Waals surface area contributed by atoms with Gasteiger partial charge in [-0.25, -0.2) is 0 Å². The highest BCUT2D eigenvalue weighted by Gasteiger charge is 2.70. The first kappa shape index (κ1) is 12.8. The fraction of sp³-hybridized carbons (Fsp3) is 0.444. The smallest absolute Gasteiger partial charge is 0.325 e. The molecule has 3 nitrogen and oxygen atoms in total. The van der Waals surface area contributed by atoms with Crippen molar-refractivity contribution in [3.63, 3.8) is 0 Å². The number of benzene rings is 1. The lowest BCUT2D eigenvalue weighted by Gasteiger charge is -2.47. The van der Waals surface area contributed by atoms with Crippen molar-refractivity contribution in [2.45, 2.75) is 44.9 Å². The maximum absolute atomic E-state index is 12.7. The second-order valence-electron chi connectivity index (χ2n) is 6.60. The molecule has 2 atom stereocenters. The highest BCUT2D eigenvalue weighted by Crippen LogP contribution is 2.61. The van der Waals surface area contributed by atoms with Gasteiger partial charge in [-0.3, -0.25) is 9.59 Å². The fourth-order valence-electron chi connectivity index (χ4n) is 4.70. The molecule has 1 aromatic rings. The molecule has 0 bridgehead atoms. The van der Waals surface area contributed by atoms with Crippen molar-refractivity contribution in [3.8, 4) is 0 Å². The van der Waals surface area contributed by atoms with Crippen molar-refractivity contribution in [1.82, 2.24) is 0 Å². The van der Waals surface area contributed by atoms with Gasteiger partial charge in [-0.2, -0.15) is 0 Å². The number of carbonyl (C=O) groups excluding carboxylic acids is 2. The summed E-state index contributed by atoms with van der Waals surface area (Å²) in [5.41, 5.74) is 3.15. The van der Waals surface area contributed by atoms with Gasteiger partial charge in [0, 0.05) is 0 Å². The Morgan fingerprint density at radius 3 is 2.52 bits per heavy atom. The minimum Gasteiger partial charge on any atom is -0.392 e. The number of cyclic esters (lactones) is 2. The van der Waals surface area contributed by atoms with Gasteiger partial charge in [-0.05, 0) is 61.8 Å². The molecule has 1 saturated heterocycles. The highest BCUT2D eigenvalue weighted by molar-refractivity contribution is 6.06. The van der Waals surface area contributed by atoms with E-state index < -0.39 is 10.8 Å². The van der Waals surface area contributed by atoms with Gasteiger partial charge in [-0.1, -0.05) is 24.3 Å². The third kappa shape index (κ3) is 1.26. The van der Waals surface area contributed by atoms with Crippen LogP contribution < -0.4 is 0 Å². The number of rotatable bonds is 0. The number of fused-ring (bicyclic) bond motifs is 1. The molecule has 108 valence electrons. The Bertz CT molecular complexity index is 715. The predicted octanol–water partition coefficient (Wildman–Crippen LogP) is 2.91. The van der Waals surface area contributed by atoms with Crippen LogP contribution in [0.25, 0.3) is 0 Å². The second kappa shape index (κ2) is 3.85. The molecule has 0 radical (unpaired) electrons. The van der Waals surface area contributed by atoms with Gasteiger partial charge < -0.3 is 4.74 Å². The molecule has 2 aliphatic carbocycles. The number of hydrogen-bond donors (Lipinski definition) is 0. The second-order valence-corrected chi connectivity index (χ2v) is 6.60. The highest BCUT2D eigenvalue weighted by atomic mass is 16.6. The Labute approximate surface area is 124 Å². The van der Waals surface area contributed by atoms with Crippen LogP contribution in [0.5, 0.6) is 0 Å². The molecule has 1 aromatic carbocycles. The van der Waals surface area contributed by atoms with Crippen molar-refractivity contribution >= 4 is 11.9 Å². The summed E-state index contributed by atoms with van der Waals surface area (Å²) < 4.78 is 5.17. The normalized spacial score (nSPS) is 33.2. The average Bonchev–Trinajstić information content (AvgIpc) is 2.72. The zero-order chi connectivity index (χ0) is 14.8. The first-order valence-corrected chi connectivity index (χ1v) is 7.54. The number of carbonyl (C=O) groups is 2. The monoisotopic (exact) mass is 282 g/mol. The third-order valence-corrected chi connectivity index (χ3v) is 5.78. The van der Waals surface area contributed by atoms with E-state index in [1.54, 1.807) is 0 Å². The maximum Gasteiger partial charge on any atom is 0.325 e. The van der Waals surface area contributed by atoms with E-state index in [1.165, 1.54) is 11.1 Å². The molecule has 1 fully saturated rings. The lowest BCUT2D eigenvalue weighted by Crippen LogP contribution is -2.53. The zero-order valence-corrected chi connectivity index (χ0v) is 12.4. The van der Waals surface area contributed by atoms with Gasteiger partial charge in [0.1, 0.15) is 5.41 Å². The van der Waals surface area contributed by atoms with Crippen molar-refractivity contribution in [2.24, 2.45) is 5.41 Å². The molecular weight excluding hydrogens is 264 g/mol. The Balaban J connectivity index is 2.11. The Hall–Kier alpha value is -1.90. The van der Waals surface area contributed by atoms with Crippen molar-refractivity contribution < 1.29 is 14.3 Å². The van der Waals surface area contributed by atoms with Crippen LogP contribution in [-0.2, 0) is 26.2 Å². The SMILES string of the molecule is Cc1ccc(C)c2c1CCC13CC=CCC21C(=O)OC3=O. The molecule has 3 heteroatoms. The van der Waals surface area contributed by atoms with Gasteiger partial charge in [0.25, 0.3) is 0 Å². The molecule has 21 heavy (non-hydrogen) atoms. The van der Waals surface area contributed by atoms with Crippen LogP contribution in [0.4, 0.5) is 0 Å². The standard InChI is InChI=1S/C18H18O3/c1-11-5-6-12(2)14-13(11)7-10-17-8-3-4-9-18(14,17)16(20)21-15(17)19/h3-6H,7-10H2,1-2H3. The largest absolute Gasteiger partial charge is 0.392 e. The third-order valence-electron chi connectivity index (χ3n) is 5.78. The lowest BCUT2D eigenvalue weighted by molar-refractivity contribution is -0.155. The van der Waals surface area contributed by atoms with Gasteiger partial charge in [0.15, 0.2) is 0 Å². The van der Waals surface area contributed by atoms with E-state index in [2.05, 4.69) is 19.1 Å². The average molecular weight is 282 g/mol. The molecule has 2 unspecified atom stereocenters. The van der Waals surface area contributed by atoms with Crippen LogP contribution in [0, 0.1) is 19.3 Å². The number of hydrogen-bond acceptors (Lipinski definition) is 3. The topological polar surface area (TPSA) is 43.4 Å². The molecule has 0 saturated carbocycles. The molecule has 3 aliphatic rings. The van der Waals surface area contributed by atoms with Crippen LogP contribution in [0.3, 0.4) is 0 Å². The van der Waals surface area contributed by atoms with E-state index >= 15 is 0 Å². The summed E-state index contributed by atoms with van der Waals surface area (Å²) >= 11 is 0. The fourth-order valence-corrected chi connectivity index (χ4v) is 4.70. The molecule has 1 aliphatic heterocycles. The zero-order valence-electron chi connectivity index (χ0n) is 12.4. The molecular formula is C18H18O3. The molecule has 0 spiro atoms. The summed E-state index contributed by atoms with van der Waals surface area (Å²) in [4.78, 5) is 25.2. The minimum atomic E-state index is -0.789. The molecule has 1 heterocycles. The van der Waals surface area contributed by atoms with E-state index in [9.17, 15) is 9.59 Å². The molecule has 0 aromatic heterocycles. The Kier molecular flexibility index (Phi) is 2.35. The Morgan fingerprint density at radius 1 is 1.00 bits per heavy atom. The van der Waals surface area contributed by atoms with E-state index in [-0.39, 0.29) is 11.9 Å². The minimum absolute atomic E-state index is 0.316. The van der Waals surface area contributed by atoms with Crippen LogP contribution in [0.2, 0.25) is 0 Å². The van der Waals surface area contributed by atoms with E-state index in [0.29, 0.717) is 19.3 Å². The first-order chi connectivity index (χ1) is 10.0. The predicted molar refractivity (Wildman–Crippen MR) is 77.8 cm³/mol. The van der Waals surface area contributed by atoms with Crippen molar-refractivity contribution in [1.29, 1.82) is 0 Å². The van der Waals surface area contributed by atoms with Gasteiger partial charge in [0.05, 0.1) is 5.41 Å². The number of esters is 2. The number of allylic oxidation sites excluding steroid dienone is 2. The summed E-state index contributed by atoms with van der Waals surface area (Å²) in [6.45, 7) is 4.13. The molecule has 4 rings (SSSR count).